The van der Waals surface area contributed by atoms with Gasteiger partial charge in [-0.1, -0.05) is 53.3 Å². The van der Waals surface area contributed by atoms with Crippen molar-refractivity contribution in [3.05, 3.63) is 64.7 Å². The number of sulfonamides is 1. The van der Waals surface area contributed by atoms with Crippen LogP contribution in [-0.4, -0.2) is 43.1 Å². The van der Waals surface area contributed by atoms with E-state index in [4.69, 9.17) is 4.74 Å². The van der Waals surface area contributed by atoms with E-state index in [2.05, 4.69) is 10.2 Å². The molecule has 30 heavy (non-hydrogen) atoms. The predicted octanol–water partition coefficient (Wildman–Crippen LogP) is 4.23. The van der Waals surface area contributed by atoms with Crippen molar-refractivity contribution in [3.63, 3.8) is 0 Å². The van der Waals surface area contributed by atoms with Crippen LogP contribution in [0.1, 0.15) is 34.9 Å². The molecule has 0 atom stereocenters. The predicted molar refractivity (Wildman–Crippen MR) is 119 cm³/mol. The maximum absolute atomic E-state index is 12.9. The molecule has 0 saturated carbocycles. The van der Waals surface area contributed by atoms with E-state index in [0.29, 0.717) is 13.1 Å². The molecule has 0 amide bonds. The van der Waals surface area contributed by atoms with Gasteiger partial charge < -0.3 is 4.74 Å². The van der Waals surface area contributed by atoms with Crippen LogP contribution in [0.4, 0.5) is 0 Å². The van der Waals surface area contributed by atoms with E-state index in [9.17, 15) is 8.42 Å². The van der Waals surface area contributed by atoms with Gasteiger partial charge in [-0.3, -0.25) is 0 Å². The average Bonchev–Trinajstić information content (AvgIpc) is 3.23. The van der Waals surface area contributed by atoms with E-state index in [1.165, 1.54) is 0 Å². The highest BCUT2D eigenvalue weighted by atomic mass is 32.2. The lowest BCUT2D eigenvalue weighted by Gasteiger charge is -2.30. The molecular formula is C22H25N3O3S2. The first-order valence-electron chi connectivity index (χ1n) is 9.96. The number of benzene rings is 2. The van der Waals surface area contributed by atoms with Crippen LogP contribution < -0.4 is 4.74 Å². The summed E-state index contributed by atoms with van der Waals surface area (Å²) in [6.07, 6.45) is 1.52. The van der Waals surface area contributed by atoms with Crippen molar-refractivity contribution in [3.8, 4) is 16.3 Å². The third kappa shape index (κ3) is 4.55. The summed E-state index contributed by atoms with van der Waals surface area (Å²) in [6.45, 7) is 3.01. The Morgan fingerprint density at radius 1 is 1.10 bits per heavy atom. The number of hydrogen-bond acceptors (Lipinski definition) is 6. The number of ether oxygens (including phenoxy) is 1. The van der Waals surface area contributed by atoms with Crippen molar-refractivity contribution in [2.75, 3.05) is 20.2 Å². The zero-order valence-electron chi connectivity index (χ0n) is 17.1. The van der Waals surface area contributed by atoms with Crippen molar-refractivity contribution in [1.29, 1.82) is 0 Å². The molecule has 0 unspecified atom stereocenters. The molecule has 0 radical (unpaired) electrons. The van der Waals surface area contributed by atoms with Crippen LogP contribution in [-0.2, 0) is 15.8 Å². The summed E-state index contributed by atoms with van der Waals surface area (Å²) in [5.74, 6) is 1.06. The quantitative estimate of drug-likeness (QED) is 0.570. The van der Waals surface area contributed by atoms with Gasteiger partial charge in [0.05, 0.1) is 18.4 Å². The third-order valence-corrected chi connectivity index (χ3v) is 8.38. The molecule has 6 nitrogen and oxygen atoms in total. The second-order valence-corrected chi connectivity index (χ2v) is 10.5. The van der Waals surface area contributed by atoms with Crippen LogP contribution in [0.2, 0.25) is 0 Å². The molecule has 1 fully saturated rings. The lowest BCUT2D eigenvalue weighted by Crippen LogP contribution is -2.38. The van der Waals surface area contributed by atoms with Crippen molar-refractivity contribution in [2.45, 2.75) is 31.4 Å². The maximum atomic E-state index is 12.9. The van der Waals surface area contributed by atoms with Gasteiger partial charge in [-0.05, 0) is 37.5 Å². The fourth-order valence-corrected chi connectivity index (χ4v) is 6.41. The fraction of sp³-hybridized carbons (Fsp3) is 0.364. The maximum Gasteiger partial charge on any atom is 0.218 e. The highest BCUT2D eigenvalue weighted by Gasteiger charge is 2.30. The Labute approximate surface area is 181 Å². The van der Waals surface area contributed by atoms with Crippen LogP contribution in [0, 0.1) is 6.92 Å². The number of aromatic nitrogens is 2. The van der Waals surface area contributed by atoms with Gasteiger partial charge >= 0.3 is 0 Å². The van der Waals surface area contributed by atoms with E-state index in [1.54, 1.807) is 22.8 Å². The van der Waals surface area contributed by atoms with E-state index in [-0.39, 0.29) is 11.7 Å². The number of piperidine rings is 1. The van der Waals surface area contributed by atoms with Crippen LogP contribution in [0.5, 0.6) is 5.75 Å². The van der Waals surface area contributed by atoms with Gasteiger partial charge in [-0.15, -0.1) is 10.2 Å². The van der Waals surface area contributed by atoms with Gasteiger partial charge in [0.25, 0.3) is 0 Å². The van der Waals surface area contributed by atoms with Crippen LogP contribution in [0.25, 0.3) is 10.6 Å². The molecule has 0 N–H and O–H groups in total. The van der Waals surface area contributed by atoms with Crippen molar-refractivity contribution >= 4 is 21.4 Å². The SMILES string of the molecule is COc1ccccc1-c1nnc(C2CCN(S(=O)(=O)Cc3cccc(C)c3)CC2)s1. The second-order valence-electron chi connectivity index (χ2n) is 7.56. The molecule has 1 aromatic heterocycles. The number of para-hydroxylation sites is 1. The normalized spacial score (nSPS) is 15.9. The summed E-state index contributed by atoms with van der Waals surface area (Å²) in [5, 5.41) is 10.6. The molecule has 158 valence electrons. The van der Waals surface area contributed by atoms with Gasteiger partial charge in [0, 0.05) is 19.0 Å². The third-order valence-electron chi connectivity index (χ3n) is 5.41. The topological polar surface area (TPSA) is 72.4 Å². The van der Waals surface area contributed by atoms with E-state index in [0.717, 1.165) is 45.3 Å². The zero-order chi connectivity index (χ0) is 21.1. The molecule has 8 heteroatoms. The summed E-state index contributed by atoms with van der Waals surface area (Å²) in [7, 11) is -1.67. The number of aryl methyl sites for hydroxylation is 1. The first kappa shape index (κ1) is 21.0. The van der Waals surface area contributed by atoms with Gasteiger partial charge in [-0.2, -0.15) is 0 Å². The molecule has 0 aliphatic carbocycles. The Morgan fingerprint density at radius 3 is 2.60 bits per heavy atom. The van der Waals surface area contributed by atoms with Crippen LogP contribution in [0.3, 0.4) is 0 Å². The van der Waals surface area contributed by atoms with Gasteiger partial charge in [-0.25, -0.2) is 12.7 Å². The monoisotopic (exact) mass is 443 g/mol. The van der Waals surface area contributed by atoms with E-state index in [1.807, 2.05) is 55.5 Å². The lowest BCUT2D eigenvalue weighted by molar-refractivity contribution is 0.318. The summed E-state index contributed by atoms with van der Waals surface area (Å²) in [6, 6.07) is 15.5. The summed E-state index contributed by atoms with van der Waals surface area (Å²) >= 11 is 1.56. The largest absolute Gasteiger partial charge is 0.496 e. The molecule has 3 aromatic rings. The lowest BCUT2D eigenvalue weighted by atomic mass is 9.99. The van der Waals surface area contributed by atoms with Gasteiger partial charge in [0.15, 0.2) is 5.01 Å². The number of rotatable bonds is 6. The second kappa shape index (κ2) is 8.83. The smallest absolute Gasteiger partial charge is 0.218 e. The Balaban J connectivity index is 1.42. The average molecular weight is 444 g/mol. The molecule has 4 rings (SSSR count). The Kier molecular flexibility index (Phi) is 6.17. The highest BCUT2D eigenvalue weighted by molar-refractivity contribution is 7.88. The molecule has 1 saturated heterocycles. The van der Waals surface area contributed by atoms with Crippen molar-refractivity contribution in [2.24, 2.45) is 0 Å². The molecular weight excluding hydrogens is 418 g/mol. The minimum Gasteiger partial charge on any atom is -0.496 e. The molecule has 2 aromatic carbocycles. The highest BCUT2D eigenvalue weighted by Crippen LogP contribution is 2.37. The summed E-state index contributed by atoms with van der Waals surface area (Å²) in [4.78, 5) is 0. The van der Waals surface area contributed by atoms with Crippen molar-refractivity contribution < 1.29 is 13.2 Å². The zero-order valence-corrected chi connectivity index (χ0v) is 18.7. The number of methoxy groups -OCH3 is 1. The summed E-state index contributed by atoms with van der Waals surface area (Å²) < 4.78 is 32.8. The minimum atomic E-state index is -3.32. The minimum absolute atomic E-state index is 0.0517. The van der Waals surface area contributed by atoms with Crippen LogP contribution in [0.15, 0.2) is 48.5 Å². The molecule has 1 aliphatic heterocycles. The van der Waals surface area contributed by atoms with E-state index < -0.39 is 10.0 Å². The first-order valence-corrected chi connectivity index (χ1v) is 12.4. The fourth-order valence-electron chi connectivity index (χ4n) is 3.81. The first-order chi connectivity index (χ1) is 14.5. The Morgan fingerprint density at radius 2 is 1.87 bits per heavy atom. The molecule has 0 spiro atoms. The van der Waals surface area contributed by atoms with E-state index >= 15 is 0 Å². The molecule has 2 heterocycles. The number of nitrogens with zero attached hydrogens (tertiary/aromatic N) is 3. The molecule has 1 aliphatic rings. The van der Waals surface area contributed by atoms with Gasteiger partial charge in [0.2, 0.25) is 10.0 Å². The Bertz CT molecular complexity index is 1120. The van der Waals surface area contributed by atoms with Gasteiger partial charge in [0.1, 0.15) is 10.8 Å². The van der Waals surface area contributed by atoms with Crippen LogP contribution >= 0.6 is 11.3 Å². The molecule has 0 bridgehead atoms. The Hall–Kier alpha value is -2.29. The standard InChI is InChI=1S/C22H25N3O3S2/c1-16-6-5-7-17(14-16)15-30(26,27)25-12-10-18(11-13-25)21-23-24-22(29-21)19-8-3-4-9-20(19)28-2/h3-9,14,18H,10-13,15H2,1-2H3. The number of hydrogen-bond donors (Lipinski definition) is 0. The van der Waals surface area contributed by atoms with Crippen molar-refractivity contribution in [1.82, 2.24) is 14.5 Å². The summed E-state index contributed by atoms with van der Waals surface area (Å²) in [5.41, 5.74) is 2.84.